The molecule has 96 valence electrons. The van der Waals surface area contributed by atoms with Crippen molar-refractivity contribution in [1.29, 1.82) is 0 Å². The normalized spacial score (nSPS) is 11.1. The lowest BCUT2D eigenvalue weighted by Gasteiger charge is -2.10. The molecule has 0 heterocycles. The standard InChI is InChI=1S/C15H25NO/c1-12(2)16-8-10-17-9-7-15-11-13(3)5-6-14(15)4/h5-6,11-12,16H,7-10H2,1-4H3. The highest BCUT2D eigenvalue weighted by Crippen LogP contribution is 2.11. The van der Waals surface area contributed by atoms with Crippen molar-refractivity contribution in [2.75, 3.05) is 19.8 Å². The van der Waals surface area contributed by atoms with Crippen molar-refractivity contribution in [3.63, 3.8) is 0 Å². The molecule has 1 aromatic carbocycles. The molecule has 0 aliphatic rings. The molecule has 17 heavy (non-hydrogen) atoms. The van der Waals surface area contributed by atoms with E-state index in [2.05, 4.69) is 51.2 Å². The summed E-state index contributed by atoms with van der Waals surface area (Å²) < 4.78 is 5.62. The zero-order valence-corrected chi connectivity index (χ0v) is 11.5. The fourth-order valence-electron chi connectivity index (χ4n) is 1.77. The number of hydrogen-bond donors (Lipinski definition) is 1. The Morgan fingerprint density at radius 3 is 2.65 bits per heavy atom. The largest absolute Gasteiger partial charge is 0.380 e. The fraction of sp³-hybridized carbons (Fsp3) is 0.600. The van der Waals surface area contributed by atoms with E-state index in [-0.39, 0.29) is 0 Å². The minimum absolute atomic E-state index is 0.539. The van der Waals surface area contributed by atoms with Gasteiger partial charge in [0.25, 0.3) is 0 Å². The van der Waals surface area contributed by atoms with Crippen LogP contribution in [-0.2, 0) is 11.2 Å². The zero-order chi connectivity index (χ0) is 12.7. The van der Waals surface area contributed by atoms with E-state index in [9.17, 15) is 0 Å². The highest BCUT2D eigenvalue weighted by Gasteiger charge is 1.99. The maximum Gasteiger partial charge on any atom is 0.0591 e. The Labute approximate surface area is 105 Å². The molecule has 1 rings (SSSR count). The van der Waals surface area contributed by atoms with Gasteiger partial charge in [-0.05, 0) is 31.4 Å². The second-order valence-electron chi connectivity index (χ2n) is 4.90. The van der Waals surface area contributed by atoms with E-state index in [4.69, 9.17) is 4.74 Å². The van der Waals surface area contributed by atoms with Gasteiger partial charge in [0.15, 0.2) is 0 Å². The molecular formula is C15H25NO. The predicted octanol–water partition coefficient (Wildman–Crippen LogP) is 2.86. The van der Waals surface area contributed by atoms with Gasteiger partial charge < -0.3 is 10.1 Å². The first kappa shape index (κ1) is 14.2. The molecule has 0 radical (unpaired) electrons. The van der Waals surface area contributed by atoms with Crippen LogP contribution in [0.25, 0.3) is 0 Å². The van der Waals surface area contributed by atoms with Crippen molar-refractivity contribution in [3.8, 4) is 0 Å². The van der Waals surface area contributed by atoms with E-state index in [1.807, 2.05) is 0 Å². The minimum Gasteiger partial charge on any atom is -0.380 e. The molecule has 0 amide bonds. The van der Waals surface area contributed by atoms with Gasteiger partial charge in [-0.1, -0.05) is 37.6 Å². The van der Waals surface area contributed by atoms with Crippen molar-refractivity contribution >= 4 is 0 Å². The van der Waals surface area contributed by atoms with Gasteiger partial charge in [0.2, 0.25) is 0 Å². The number of ether oxygens (including phenoxy) is 1. The van der Waals surface area contributed by atoms with E-state index in [1.165, 1.54) is 16.7 Å². The number of benzene rings is 1. The van der Waals surface area contributed by atoms with Crippen molar-refractivity contribution < 1.29 is 4.74 Å². The lowest BCUT2D eigenvalue weighted by atomic mass is 10.0. The molecule has 0 aliphatic carbocycles. The quantitative estimate of drug-likeness (QED) is 0.734. The summed E-state index contributed by atoms with van der Waals surface area (Å²) in [7, 11) is 0. The van der Waals surface area contributed by atoms with Crippen molar-refractivity contribution in [2.45, 2.75) is 40.2 Å². The summed E-state index contributed by atoms with van der Waals surface area (Å²) in [5.41, 5.74) is 4.09. The third-order valence-corrected chi connectivity index (χ3v) is 2.82. The smallest absolute Gasteiger partial charge is 0.0591 e. The lowest BCUT2D eigenvalue weighted by molar-refractivity contribution is 0.137. The summed E-state index contributed by atoms with van der Waals surface area (Å²) in [6.07, 6.45) is 1.01. The minimum atomic E-state index is 0.539. The Bertz CT molecular complexity index is 334. The Morgan fingerprint density at radius 2 is 1.94 bits per heavy atom. The molecule has 2 nitrogen and oxygen atoms in total. The van der Waals surface area contributed by atoms with Crippen LogP contribution in [0.1, 0.15) is 30.5 Å². The number of nitrogens with one attached hydrogen (secondary N) is 1. The first-order valence-corrected chi connectivity index (χ1v) is 6.47. The van der Waals surface area contributed by atoms with Crippen LogP contribution in [-0.4, -0.2) is 25.8 Å². The summed E-state index contributed by atoms with van der Waals surface area (Å²) in [5, 5.41) is 3.34. The van der Waals surface area contributed by atoms with Crippen LogP contribution in [0.2, 0.25) is 0 Å². The van der Waals surface area contributed by atoms with Crippen molar-refractivity contribution in [3.05, 3.63) is 34.9 Å². The van der Waals surface area contributed by atoms with Gasteiger partial charge in [0, 0.05) is 12.6 Å². The van der Waals surface area contributed by atoms with Crippen LogP contribution in [0, 0.1) is 13.8 Å². The van der Waals surface area contributed by atoms with Crippen molar-refractivity contribution in [2.24, 2.45) is 0 Å². The van der Waals surface area contributed by atoms with Crippen LogP contribution >= 0.6 is 0 Å². The monoisotopic (exact) mass is 235 g/mol. The average molecular weight is 235 g/mol. The molecule has 0 atom stereocenters. The van der Waals surface area contributed by atoms with E-state index < -0.39 is 0 Å². The molecule has 0 saturated heterocycles. The van der Waals surface area contributed by atoms with Gasteiger partial charge in [-0.25, -0.2) is 0 Å². The summed E-state index contributed by atoms with van der Waals surface area (Å²) in [4.78, 5) is 0. The molecule has 0 unspecified atom stereocenters. The molecule has 0 bridgehead atoms. The van der Waals surface area contributed by atoms with Gasteiger partial charge in [-0.15, -0.1) is 0 Å². The molecule has 0 fully saturated rings. The maximum atomic E-state index is 5.62. The van der Waals surface area contributed by atoms with Gasteiger partial charge in [-0.2, -0.15) is 0 Å². The molecule has 2 heteroatoms. The molecular weight excluding hydrogens is 210 g/mol. The van der Waals surface area contributed by atoms with Crippen LogP contribution in [0.3, 0.4) is 0 Å². The highest BCUT2D eigenvalue weighted by atomic mass is 16.5. The topological polar surface area (TPSA) is 21.3 Å². The third-order valence-electron chi connectivity index (χ3n) is 2.82. The Hall–Kier alpha value is -0.860. The average Bonchev–Trinajstić information content (AvgIpc) is 2.27. The molecule has 1 N–H and O–H groups in total. The van der Waals surface area contributed by atoms with E-state index in [1.54, 1.807) is 0 Å². The number of aryl methyl sites for hydroxylation is 2. The van der Waals surface area contributed by atoms with E-state index in [0.29, 0.717) is 6.04 Å². The summed E-state index contributed by atoms with van der Waals surface area (Å²) in [6, 6.07) is 7.14. The molecule has 0 saturated carbocycles. The predicted molar refractivity (Wildman–Crippen MR) is 73.6 cm³/mol. The first-order chi connectivity index (χ1) is 8.09. The molecule has 1 aromatic rings. The summed E-state index contributed by atoms with van der Waals surface area (Å²) >= 11 is 0. The van der Waals surface area contributed by atoms with Gasteiger partial charge in [0.05, 0.1) is 13.2 Å². The zero-order valence-electron chi connectivity index (χ0n) is 11.5. The van der Waals surface area contributed by atoms with Crippen LogP contribution in [0.4, 0.5) is 0 Å². The third kappa shape index (κ3) is 5.85. The van der Waals surface area contributed by atoms with Crippen LogP contribution in [0.5, 0.6) is 0 Å². The SMILES string of the molecule is Cc1ccc(C)c(CCOCCNC(C)C)c1. The van der Waals surface area contributed by atoms with E-state index in [0.717, 1.165) is 26.2 Å². The van der Waals surface area contributed by atoms with Crippen molar-refractivity contribution in [1.82, 2.24) is 5.32 Å². The first-order valence-electron chi connectivity index (χ1n) is 6.47. The summed E-state index contributed by atoms with van der Waals surface area (Å²) in [6.45, 7) is 11.1. The highest BCUT2D eigenvalue weighted by molar-refractivity contribution is 5.30. The van der Waals surface area contributed by atoms with Crippen LogP contribution in [0.15, 0.2) is 18.2 Å². The molecule has 0 aromatic heterocycles. The number of hydrogen-bond acceptors (Lipinski definition) is 2. The number of rotatable bonds is 7. The lowest BCUT2D eigenvalue weighted by Crippen LogP contribution is -2.26. The second-order valence-corrected chi connectivity index (χ2v) is 4.90. The fourth-order valence-corrected chi connectivity index (χ4v) is 1.77. The van der Waals surface area contributed by atoms with Gasteiger partial charge in [0.1, 0.15) is 0 Å². The second kappa shape index (κ2) is 7.46. The van der Waals surface area contributed by atoms with Crippen LogP contribution < -0.4 is 5.32 Å². The molecule has 0 spiro atoms. The Kier molecular flexibility index (Phi) is 6.23. The Balaban J connectivity index is 2.20. The van der Waals surface area contributed by atoms with Gasteiger partial charge >= 0.3 is 0 Å². The van der Waals surface area contributed by atoms with Gasteiger partial charge in [-0.3, -0.25) is 0 Å². The summed E-state index contributed by atoms with van der Waals surface area (Å²) in [5.74, 6) is 0. The van der Waals surface area contributed by atoms with E-state index >= 15 is 0 Å². The maximum absolute atomic E-state index is 5.62. The Morgan fingerprint density at radius 1 is 1.18 bits per heavy atom. The molecule has 0 aliphatic heterocycles.